The Kier molecular flexibility index (Phi) is 3.54. The molecule has 0 aliphatic carbocycles. The van der Waals surface area contributed by atoms with Crippen molar-refractivity contribution in [3.63, 3.8) is 0 Å². The van der Waals surface area contributed by atoms with Crippen LogP contribution >= 0.6 is 0 Å². The summed E-state index contributed by atoms with van der Waals surface area (Å²) in [5.74, 6) is 1.48. The summed E-state index contributed by atoms with van der Waals surface area (Å²) in [6, 6.07) is 16.9. The smallest absolute Gasteiger partial charge is 0.133 e. The van der Waals surface area contributed by atoms with Crippen LogP contribution < -0.4 is 5.32 Å². The second-order valence-electron chi connectivity index (χ2n) is 6.19. The Morgan fingerprint density at radius 1 is 1.09 bits per heavy atom. The molecule has 0 saturated heterocycles. The summed E-state index contributed by atoms with van der Waals surface area (Å²) in [5, 5.41) is 6.02. The van der Waals surface area contributed by atoms with Crippen molar-refractivity contribution in [2.24, 2.45) is 10.9 Å². The first kappa shape index (κ1) is 13.9. The number of amidine groups is 1. The maximum Gasteiger partial charge on any atom is 0.133 e. The fraction of sp³-hybridized carbons (Fsp3) is 0.200. The molecule has 0 fully saturated rings. The normalized spacial score (nSPS) is 15.8. The molecule has 3 heteroatoms. The highest BCUT2D eigenvalue weighted by molar-refractivity contribution is 6.25. The zero-order valence-corrected chi connectivity index (χ0v) is 13.2. The van der Waals surface area contributed by atoms with E-state index in [2.05, 4.69) is 59.7 Å². The van der Waals surface area contributed by atoms with Gasteiger partial charge in [0.05, 0.1) is 0 Å². The van der Waals surface area contributed by atoms with Gasteiger partial charge in [0.25, 0.3) is 0 Å². The molecular weight excluding hydrogens is 282 g/mol. The van der Waals surface area contributed by atoms with Crippen LogP contribution in [0.2, 0.25) is 0 Å². The van der Waals surface area contributed by atoms with E-state index < -0.39 is 0 Å². The molecule has 0 spiro atoms. The molecule has 1 aromatic heterocycles. The van der Waals surface area contributed by atoms with E-state index in [0.717, 1.165) is 24.5 Å². The van der Waals surface area contributed by atoms with Gasteiger partial charge in [-0.2, -0.15) is 0 Å². The lowest BCUT2D eigenvalue weighted by molar-refractivity contribution is 0.593. The van der Waals surface area contributed by atoms with Crippen molar-refractivity contribution in [3.05, 3.63) is 72.1 Å². The summed E-state index contributed by atoms with van der Waals surface area (Å²) in [6.07, 6.45) is 4.75. The van der Waals surface area contributed by atoms with Gasteiger partial charge in [-0.15, -0.1) is 0 Å². The molecule has 1 atom stereocenters. The lowest BCUT2D eigenvalue weighted by atomic mass is 10.0. The summed E-state index contributed by atoms with van der Waals surface area (Å²) < 4.78 is 0. The van der Waals surface area contributed by atoms with Crippen LogP contribution in [0.25, 0.3) is 10.8 Å². The Morgan fingerprint density at radius 2 is 1.96 bits per heavy atom. The largest absolute Gasteiger partial charge is 0.339 e. The van der Waals surface area contributed by atoms with Crippen molar-refractivity contribution >= 4 is 22.3 Å². The van der Waals surface area contributed by atoms with Crippen molar-refractivity contribution < 1.29 is 0 Å². The summed E-state index contributed by atoms with van der Waals surface area (Å²) in [6.45, 7) is 3.04. The molecule has 1 aliphatic heterocycles. The van der Waals surface area contributed by atoms with Gasteiger partial charge in [-0.05, 0) is 35.4 Å². The van der Waals surface area contributed by atoms with Gasteiger partial charge in [0.2, 0.25) is 0 Å². The van der Waals surface area contributed by atoms with Crippen LogP contribution in [0, 0.1) is 5.92 Å². The quantitative estimate of drug-likeness (QED) is 0.780. The molecule has 0 amide bonds. The van der Waals surface area contributed by atoms with E-state index in [1.165, 1.54) is 21.9 Å². The molecule has 3 aromatic rings. The molecule has 2 aromatic carbocycles. The van der Waals surface area contributed by atoms with Gasteiger partial charge in [-0.25, -0.2) is 0 Å². The van der Waals surface area contributed by atoms with Crippen molar-refractivity contribution in [1.82, 2.24) is 4.98 Å². The van der Waals surface area contributed by atoms with Crippen molar-refractivity contribution in [3.8, 4) is 0 Å². The van der Waals surface area contributed by atoms with Gasteiger partial charge in [-0.3, -0.25) is 9.98 Å². The molecule has 0 bridgehead atoms. The molecule has 3 nitrogen and oxygen atoms in total. The Morgan fingerprint density at radius 3 is 2.78 bits per heavy atom. The van der Waals surface area contributed by atoms with Gasteiger partial charge in [0.1, 0.15) is 5.84 Å². The second kappa shape index (κ2) is 5.84. The molecular formula is C20H19N3. The third kappa shape index (κ3) is 2.70. The van der Waals surface area contributed by atoms with E-state index in [9.17, 15) is 0 Å². The summed E-state index contributed by atoms with van der Waals surface area (Å²) in [4.78, 5) is 9.02. The molecule has 23 heavy (non-hydrogen) atoms. The number of pyridine rings is 1. The molecule has 0 radical (unpaired) electrons. The summed E-state index contributed by atoms with van der Waals surface area (Å²) in [7, 11) is 0. The van der Waals surface area contributed by atoms with Crippen LogP contribution in [0.4, 0.5) is 5.69 Å². The van der Waals surface area contributed by atoms with Gasteiger partial charge < -0.3 is 5.32 Å². The van der Waals surface area contributed by atoms with Crippen molar-refractivity contribution in [2.75, 3.05) is 11.9 Å². The van der Waals surface area contributed by atoms with E-state index in [4.69, 9.17) is 4.99 Å². The summed E-state index contributed by atoms with van der Waals surface area (Å²) >= 11 is 0. The van der Waals surface area contributed by atoms with Gasteiger partial charge >= 0.3 is 0 Å². The minimum atomic E-state index is 0.483. The predicted molar refractivity (Wildman–Crippen MR) is 96.1 cm³/mol. The van der Waals surface area contributed by atoms with E-state index >= 15 is 0 Å². The summed E-state index contributed by atoms with van der Waals surface area (Å²) in [5.41, 5.74) is 3.65. The zero-order valence-electron chi connectivity index (χ0n) is 13.2. The average molecular weight is 301 g/mol. The number of hydrogen-bond donors (Lipinski definition) is 1. The van der Waals surface area contributed by atoms with E-state index in [1.807, 2.05) is 18.5 Å². The first-order valence-corrected chi connectivity index (χ1v) is 8.04. The second-order valence-corrected chi connectivity index (χ2v) is 6.19. The van der Waals surface area contributed by atoms with E-state index in [1.54, 1.807) is 0 Å². The number of anilines is 1. The average Bonchev–Trinajstić information content (AvgIpc) is 2.94. The SMILES string of the molecule is CC(CN=C1Nc2cccc3cccc1c23)Cc1cccnc1. The maximum atomic E-state index is 4.84. The molecule has 1 N–H and O–H groups in total. The molecule has 2 heterocycles. The fourth-order valence-electron chi connectivity index (χ4n) is 3.20. The van der Waals surface area contributed by atoms with Crippen LogP contribution in [-0.4, -0.2) is 17.4 Å². The first-order chi connectivity index (χ1) is 11.3. The molecule has 1 unspecified atom stereocenters. The monoisotopic (exact) mass is 301 g/mol. The lowest BCUT2D eigenvalue weighted by Crippen LogP contribution is -2.12. The van der Waals surface area contributed by atoms with Crippen LogP contribution in [0.15, 0.2) is 65.9 Å². The van der Waals surface area contributed by atoms with Crippen LogP contribution in [0.3, 0.4) is 0 Å². The Bertz CT molecular complexity index is 863. The standard InChI is InChI=1S/C20H19N3/c1-14(11-15-5-4-10-21-13-15)12-22-20-17-8-2-6-16-7-3-9-18(23-20)19(16)17/h2-10,13-14H,11-12H2,1H3,(H,22,23). The number of nitrogens with zero attached hydrogens (tertiary/aromatic N) is 2. The number of rotatable bonds is 4. The minimum absolute atomic E-state index is 0.483. The van der Waals surface area contributed by atoms with Crippen LogP contribution in [0.1, 0.15) is 18.1 Å². The van der Waals surface area contributed by atoms with Gasteiger partial charge in [-0.1, -0.05) is 43.3 Å². The van der Waals surface area contributed by atoms with Crippen molar-refractivity contribution in [1.29, 1.82) is 0 Å². The number of aromatic nitrogens is 1. The first-order valence-electron chi connectivity index (χ1n) is 8.04. The fourth-order valence-corrected chi connectivity index (χ4v) is 3.20. The Balaban J connectivity index is 1.54. The van der Waals surface area contributed by atoms with Crippen molar-refractivity contribution in [2.45, 2.75) is 13.3 Å². The number of aliphatic imine (C=N–C) groups is 1. The zero-order chi connectivity index (χ0) is 15.6. The third-order valence-corrected chi connectivity index (χ3v) is 4.28. The van der Waals surface area contributed by atoms with Gasteiger partial charge in [0.15, 0.2) is 0 Å². The number of nitrogens with one attached hydrogen (secondary N) is 1. The Hall–Kier alpha value is -2.68. The van der Waals surface area contributed by atoms with Crippen LogP contribution in [0.5, 0.6) is 0 Å². The van der Waals surface area contributed by atoms with Gasteiger partial charge in [0, 0.05) is 35.6 Å². The Labute approximate surface area is 136 Å². The number of benzene rings is 2. The predicted octanol–water partition coefficient (Wildman–Crippen LogP) is 4.29. The third-order valence-electron chi connectivity index (χ3n) is 4.28. The van der Waals surface area contributed by atoms with Crippen LogP contribution in [-0.2, 0) is 6.42 Å². The maximum absolute atomic E-state index is 4.84. The molecule has 1 aliphatic rings. The highest BCUT2D eigenvalue weighted by atomic mass is 15.0. The topological polar surface area (TPSA) is 37.3 Å². The molecule has 114 valence electrons. The lowest BCUT2D eigenvalue weighted by Gasteiger charge is -2.09. The highest BCUT2D eigenvalue weighted by Crippen LogP contribution is 2.33. The molecule has 4 rings (SSSR count). The highest BCUT2D eigenvalue weighted by Gasteiger charge is 2.19. The minimum Gasteiger partial charge on any atom is -0.339 e. The molecule has 0 saturated carbocycles. The number of hydrogen-bond acceptors (Lipinski definition) is 2. The van der Waals surface area contributed by atoms with E-state index in [-0.39, 0.29) is 0 Å². The van der Waals surface area contributed by atoms with E-state index in [0.29, 0.717) is 5.92 Å².